The van der Waals surface area contributed by atoms with Crippen LogP contribution in [0, 0.1) is 0 Å². The third kappa shape index (κ3) is 5.70. The molecule has 0 saturated heterocycles. The monoisotopic (exact) mass is 438 g/mol. The molecule has 6 heteroatoms. The zero-order valence-corrected chi connectivity index (χ0v) is 17.8. The molecule has 0 aliphatic carbocycles. The molecule has 0 N–H and O–H groups in total. The average Bonchev–Trinajstić information content (AvgIpc) is 3.04. The first-order valence-electron chi connectivity index (χ1n) is 10.2. The molecule has 3 aromatic rings. The Bertz CT molecular complexity index is 1040. The van der Waals surface area contributed by atoms with E-state index in [1.807, 2.05) is 42.5 Å². The second kappa shape index (κ2) is 10.2. The lowest BCUT2D eigenvalue weighted by molar-refractivity contribution is -0.147. The van der Waals surface area contributed by atoms with E-state index in [4.69, 9.17) is 30.5 Å². The standard InChI is InChI=1S/C25H23ClO5/c26-21-14-19(15-23-25(21)29-12-6-11-28-23)16-31-24(27)17-30-22-10-5-4-9-20(22)13-18-7-2-1-3-8-18/h1-5,7-10,14-15H,6,11-13,16-17H2. The number of carbonyl (C=O) groups is 1. The van der Waals surface area contributed by atoms with Crippen molar-refractivity contribution in [2.24, 2.45) is 0 Å². The molecule has 0 aromatic heterocycles. The molecule has 160 valence electrons. The zero-order valence-electron chi connectivity index (χ0n) is 17.0. The highest BCUT2D eigenvalue weighted by Gasteiger charge is 2.16. The molecule has 0 spiro atoms. The van der Waals surface area contributed by atoms with Crippen LogP contribution in [-0.2, 0) is 22.6 Å². The van der Waals surface area contributed by atoms with Gasteiger partial charge in [0.2, 0.25) is 0 Å². The molecule has 0 amide bonds. The summed E-state index contributed by atoms with van der Waals surface area (Å²) in [7, 11) is 0. The molecule has 3 aromatic carbocycles. The van der Waals surface area contributed by atoms with E-state index >= 15 is 0 Å². The van der Waals surface area contributed by atoms with Gasteiger partial charge in [0.05, 0.1) is 18.2 Å². The largest absolute Gasteiger partial charge is 0.489 e. The predicted octanol–water partition coefficient (Wildman–Crippen LogP) is 5.21. The minimum atomic E-state index is -0.460. The summed E-state index contributed by atoms with van der Waals surface area (Å²) in [6.07, 6.45) is 1.51. The van der Waals surface area contributed by atoms with Crippen LogP contribution in [0.25, 0.3) is 0 Å². The summed E-state index contributed by atoms with van der Waals surface area (Å²) in [6.45, 7) is 1.02. The Morgan fingerprint density at radius 2 is 1.71 bits per heavy atom. The molecule has 0 atom stereocenters. The Morgan fingerprint density at radius 1 is 0.935 bits per heavy atom. The first-order chi connectivity index (χ1) is 15.2. The van der Waals surface area contributed by atoms with Gasteiger partial charge in [-0.3, -0.25) is 0 Å². The highest BCUT2D eigenvalue weighted by atomic mass is 35.5. The van der Waals surface area contributed by atoms with E-state index in [0.717, 1.165) is 24.0 Å². The lowest BCUT2D eigenvalue weighted by atomic mass is 10.0. The lowest BCUT2D eigenvalue weighted by Crippen LogP contribution is -2.15. The number of para-hydroxylation sites is 1. The summed E-state index contributed by atoms with van der Waals surface area (Å²) in [6, 6.07) is 21.3. The van der Waals surface area contributed by atoms with Crippen molar-refractivity contribution >= 4 is 17.6 Å². The van der Waals surface area contributed by atoms with Gasteiger partial charge < -0.3 is 18.9 Å². The van der Waals surface area contributed by atoms with E-state index in [9.17, 15) is 4.79 Å². The van der Waals surface area contributed by atoms with Gasteiger partial charge in [0.1, 0.15) is 12.4 Å². The molecule has 0 radical (unpaired) electrons. The first kappa shape index (κ1) is 21.1. The van der Waals surface area contributed by atoms with Crippen molar-refractivity contribution in [3.05, 3.63) is 88.4 Å². The molecular formula is C25H23ClO5. The Labute approximate surface area is 186 Å². The summed E-state index contributed by atoms with van der Waals surface area (Å²) in [5, 5.41) is 0.441. The normalized spacial score (nSPS) is 12.7. The van der Waals surface area contributed by atoms with Crippen molar-refractivity contribution in [2.75, 3.05) is 19.8 Å². The molecule has 0 bridgehead atoms. The number of halogens is 1. The van der Waals surface area contributed by atoms with Crippen LogP contribution in [0.15, 0.2) is 66.7 Å². The van der Waals surface area contributed by atoms with Crippen molar-refractivity contribution in [1.82, 2.24) is 0 Å². The number of esters is 1. The van der Waals surface area contributed by atoms with Crippen molar-refractivity contribution < 1.29 is 23.7 Å². The second-order valence-corrected chi connectivity index (χ2v) is 7.58. The van der Waals surface area contributed by atoms with Gasteiger partial charge in [0.15, 0.2) is 18.1 Å². The third-order valence-corrected chi connectivity index (χ3v) is 5.10. The maximum absolute atomic E-state index is 12.3. The fourth-order valence-corrected chi connectivity index (χ4v) is 3.60. The molecule has 5 nitrogen and oxygen atoms in total. The van der Waals surface area contributed by atoms with Gasteiger partial charge in [0, 0.05) is 12.8 Å². The molecule has 1 aliphatic heterocycles. The Kier molecular flexibility index (Phi) is 6.95. The quantitative estimate of drug-likeness (QED) is 0.474. The summed E-state index contributed by atoms with van der Waals surface area (Å²) in [5.74, 6) is 1.31. The smallest absolute Gasteiger partial charge is 0.344 e. The van der Waals surface area contributed by atoms with E-state index in [1.165, 1.54) is 5.56 Å². The second-order valence-electron chi connectivity index (χ2n) is 7.17. The van der Waals surface area contributed by atoms with Crippen LogP contribution in [0.1, 0.15) is 23.1 Å². The van der Waals surface area contributed by atoms with Crippen LogP contribution in [0.2, 0.25) is 5.02 Å². The van der Waals surface area contributed by atoms with E-state index in [2.05, 4.69) is 12.1 Å². The van der Waals surface area contributed by atoms with Crippen LogP contribution < -0.4 is 14.2 Å². The van der Waals surface area contributed by atoms with Crippen molar-refractivity contribution in [1.29, 1.82) is 0 Å². The molecular weight excluding hydrogens is 416 g/mol. The van der Waals surface area contributed by atoms with Gasteiger partial charge in [-0.1, -0.05) is 60.1 Å². The fourth-order valence-electron chi connectivity index (χ4n) is 3.32. The minimum Gasteiger partial charge on any atom is -0.489 e. The van der Waals surface area contributed by atoms with Gasteiger partial charge in [-0.15, -0.1) is 0 Å². The molecule has 0 saturated carbocycles. The Hall–Kier alpha value is -3.18. The van der Waals surface area contributed by atoms with Crippen LogP contribution in [-0.4, -0.2) is 25.8 Å². The van der Waals surface area contributed by atoms with Gasteiger partial charge >= 0.3 is 5.97 Å². The summed E-state index contributed by atoms with van der Waals surface area (Å²) >= 11 is 6.29. The maximum atomic E-state index is 12.3. The summed E-state index contributed by atoms with van der Waals surface area (Å²) in [5.41, 5.74) is 2.91. The van der Waals surface area contributed by atoms with Crippen molar-refractivity contribution in [3.63, 3.8) is 0 Å². The molecule has 0 unspecified atom stereocenters. The van der Waals surface area contributed by atoms with Crippen LogP contribution >= 0.6 is 11.6 Å². The van der Waals surface area contributed by atoms with Crippen LogP contribution in [0.5, 0.6) is 17.2 Å². The summed E-state index contributed by atoms with van der Waals surface area (Å²) in [4.78, 5) is 12.3. The number of hydrogen-bond donors (Lipinski definition) is 0. The zero-order chi connectivity index (χ0) is 21.5. The van der Waals surface area contributed by atoms with E-state index < -0.39 is 5.97 Å². The lowest BCUT2D eigenvalue weighted by Gasteiger charge is -2.13. The van der Waals surface area contributed by atoms with Gasteiger partial charge in [-0.25, -0.2) is 4.79 Å². The molecule has 1 aliphatic rings. The molecule has 4 rings (SSSR count). The number of ether oxygens (including phenoxy) is 4. The Morgan fingerprint density at radius 3 is 2.58 bits per heavy atom. The fraction of sp³-hybridized carbons (Fsp3) is 0.240. The predicted molar refractivity (Wildman–Crippen MR) is 118 cm³/mol. The van der Waals surface area contributed by atoms with Crippen LogP contribution in [0.3, 0.4) is 0 Å². The van der Waals surface area contributed by atoms with E-state index in [1.54, 1.807) is 12.1 Å². The van der Waals surface area contributed by atoms with Crippen molar-refractivity contribution in [2.45, 2.75) is 19.4 Å². The highest BCUT2D eigenvalue weighted by molar-refractivity contribution is 6.32. The van der Waals surface area contributed by atoms with Gasteiger partial charge in [0.25, 0.3) is 0 Å². The molecule has 1 heterocycles. The van der Waals surface area contributed by atoms with E-state index in [0.29, 0.717) is 35.5 Å². The van der Waals surface area contributed by atoms with Gasteiger partial charge in [-0.05, 0) is 34.9 Å². The maximum Gasteiger partial charge on any atom is 0.344 e. The highest BCUT2D eigenvalue weighted by Crippen LogP contribution is 2.38. The van der Waals surface area contributed by atoms with Crippen molar-refractivity contribution in [3.8, 4) is 17.2 Å². The number of hydrogen-bond acceptors (Lipinski definition) is 5. The number of fused-ring (bicyclic) bond motifs is 1. The number of benzene rings is 3. The summed E-state index contributed by atoms with van der Waals surface area (Å²) < 4.78 is 22.4. The third-order valence-electron chi connectivity index (χ3n) is 4.82. The Balaban J connectivity index is 1.33. The topological polar surface area (TPSA) is 54.0 Å². The van der Waals surface area contributed by atoms with E-state index in [-0.39, 0.29) is 13.2 Å². The average molecular weight is 439 g/mol. The molecule has 31 heavy (non-hydrogen) atoms. The van der Waals surface area contributed by atoms with Crippen LogP contribution in [0.4, 0.5) is 0 Å². The minimum absolute atomic E-state index is 0.0736. The molecule has 0 fully saturated rings. The number of rotatable bonds is 7. The van der Waals surface area contributed by atoms with Gasteiger partial charge in [-0.2, -0.15) is 0 Å². The first-order valence-corrected chi connectivity index (χ1v) is 10.5. The number of carbonyl (C=O) groups excluding carboxylic acids is 1. The SMILES string of the molecule is O=C(COc1ccccc1Cc1ccccc1)OCc1cc(Cl)c2c(c1)OCCCO2.